The fourth-order valence-electron chi connectivity index (χ4n) is 2.02. The minimum atomic E-state index is -0.273. The van der Waals surface area contributed by atoms with Crippen molar-refractivity contribution in [1.82, 2.24) is 10.5 Å². The minimum Gasteiger partial charge on any atom is -0.872 e. The molecular weight excluding hydrogens is 436 g/mol. The van der Waals surface area contributed by atoms with Crippen LogP contribution in [0.2, 0.25) is 5.02 Å². The lowest BCUT2D eigenvalue weighted by Gasteiger charge is -2.07. The molecule has 0 aliphatic rings. The fraction of sp³-hybridized carbons (Fsp3) is 0.111. The second-order valence-electron chi connectivity index (χ2n) is 5.38. The summed E-state index contributed by atoms with van der Waals surface area (Å²) in [6.45, 7) is 0. The molecule has 0 unspecified atom stereocenters. The van der Waals surface area contributed by atoms with Gasteiger partial charge in [0.1, 0.15) is 0 Å². The van der Waals surface area contributed by atoms with E-state index in [9.17, 15) is 9.90 Å². The van der Waals surface area contributed by atoms with Crippen molar-refractivity contribution in [2.45, 2.75) is 14.4 Å². The number of carbonyl (C=O) groups is 1. The van der Waals surface area contributed by atoms with E-state index in [0.29, 0.717) is 5.56 Å². The predicted molar refractivity (Wildman–Crippen MR) is 112 cm³/mol. The summed E-state index contributed by atoms with van der Waals surface area (Å²) in [6, 6.07) is 14.2. The van der Waals surface area contributed by atoms with Gasteiger partial charge in [0.05, 0.1) is 12.0 Å². The number of nitrogens with zero attached hydrogens (tertiary/aromatic N) is 2. The molecule has 0 aliphatic carbocycles. The van der Waals surface area contributed by atoms with E-state index in [1.54, 1.807) is 30.0 Å². The van der Waals surface area contributed by atoms with Crippen LogP contribution in [0.5, 0.6) is 5.75 Å². The third kappa shape index (κ3) is 6.23. The third-order valence-electron chi connectivity index (χ3n) is 3.37. The summed E-state index contributed by atoms with van der Waals surface area (Å²) in [7, 11) is 0. The molecule has 0 spiro atoms. The number of rotatable bonds is 8. The number of H-pyrrole nitrogens is 1. The Bertz CT molecular complexity index is 981. The average molecular weight is 451 g/mol. The van der Waals surface area contributed by atoms with Crippen molar-refractivity contribution in [3.63, 3.8) is 0 Å². The highest BCUT2D eigenvalue weighted by Gasteiger charge is 2.14. The van der Waals surface area contributed by atoms with Gasteiger partial charge in [-0.15, -0.1) is 0 Å². The molecule has 1 aromatic heterocycles. The van der Waals surface area contributed by atoms with Crippen LogP contribution in [-0.2, 0) is 10.5 Å². The van der Waals surface area contributed by atoms with Gasteiger partial charge < -0.3 is 5.11 Å². The molecule has 0 saturated heterocycles. The number of para-hydroxylation sites is 1. The predicted octanol–water partition coefficient (Wildman–Crippen LogP) is 3.22. The van der Waals surface area contributed by atoms with E-state index < -0.39 is 0 Å². The Kier molecular flexibility index (Phi) is 7.72. The lowest BCUT2D eigenvalue weighted by Crippen LogP contribution is -2.19. The molecule has 2 aromatic carbocycles. The average Bonchev–Trinajstić information content (AvgIpc) is 3.15. The lowest BCUT2D eigenvalue weighted by molar-refractivity contribution is -0.492. The van der Waals surface area contributed by atoms with Gasteiger partial charge in [0, 0.05) is 15.9 Å². The van der Waals surface area contributed by atoms with Gasteiger partial charge in [0.25, 0.3) is 5.91 Å². The van der Waals surface area contributed by atoms with Gasteiger partial charge in [-0.2, -0.15) is 5.10 Å². The molecule has 1 heterocycles. The Labute approximate surface area is 179 Å². The molecule has 3 aromatic rings. The summed E-state index contributed by atoms with van der Waals surface area (Å²) in [5.74, 6) is 0.491. The highest BCUT2D eigenvalue weighted by molar-refractivity contribution is 8.03. The highest BCUT2D eigenvalue weighted by atomic mass is 35.5. The van der Waals surface area contributed by atoms with Crippen molar-refractivity contribution in [3.8, 4) is 5.75 Å². The summed E-state index contributed by atoms with van der Waals surface area (Å²) in [6.07, 6.45) is 1.34. The Balaban J connectivity index is 1.43. The zero-order valence-electron chi connectivity index (χ0n) is 14.4. The molecule has 6 nitrogen and oxygen atoms in total. The number of hydrogen-bond donors (Lipinski definition) is 1. The maximum Gasteiger partial charge on any atom is 0.323 e. The number of hydrazone groups is 1. The Morgan fingerprint density at radius 3 is 2.86 bits per heavy atom. The van der Waals surface area contributed by atoms with Crippen LogP contribution < -0.4 is 15.6 Å². The number of aromatic nitrogens is 2. The van der Waals surface area contributed by atoms with Gasteiger partial charge in [0.15, 0.2) is 0 Å². The summed E-state index contributed by atoms with van der Waals surface area (Å²) in [5.41, 5.74) is 3.88. The molecule has 144 valence electrons. The number of aromatic amines is 1. The van der Waals surface area contributed by atoms with Gasteiger partial charge in [-0.1, -0.05) is 76.7 Å². The molecule has 0 radical (unpaired) electrons. The second kappa shape index (κ2) is 10.5. The largest absolute Gasteiger partial charge is 0.872 e. The van der Waals surface area contributed by atoms with E-state index in [2.05, 4.69) is 20.7 Å². The monoisotopic (exact) mass is 450 g/mol. The van der Waals surface area contributed by atoms with Crippen molar-refractivity contribution >= 4 is 58.6 Å². The zero-order chi connectivity index (χ0) is 19.8. The number of carbonyl (C=O) groups excluding carboxylic acids is 1. The number of nitrogens with one attached hydrogen (secondary N) is 2. The number of hydrogen-bond acceptors (Lipinski definition) is 7. The van der Waals surface area contributed by atoms with Crippen LogP contribution in [0.3, 0.4) is 0 Å². The van der Waals surface area contributed by atoms with E-state index >= 15 is 0 Å². The highest BCUT2D eigenvalue weighted by Crippen LogP contribution is 2.30. The topological polar surface area (TPSA) is 91.6 Å². The quantitative estimate of drug-likeness (QED) is 0.323. The molecule has 10 heteroatoms. The van der Waals surface area contributed by atoms with E-state index in [4.69, 9.17) is 11.6 Å². The molecule has 28 heavy (non-hydrogen) atoms. The van der Waals surface area contributed by atoms with Gasteiger partial charge in [-0.3, -0.25) is 4.79 Å². The van der Waals surface area contributed by atoms with Crippen LogP contribution in [0, 0.1) is 0 Å². The van der Waals surface area contributed by atoms with Crippen LogP contribution in [0.4, 0.5) is 0 Å². The van der Waals surface area contributed by atoms with Crippen LogP contribution in [-0.4, -0.2) is 23.0 Å². The first-order chi connectivity index (χ1) is 13.6. The van der Waals surface area contributed by atoms with E-state index in [0.717, 1.165) is 25.0 Å². The first kappa shape index (κ1) is 20.7. The van der Waals surface area contributed by atoms with Crippen molar-refractivity contribution < 1.29 is 15.0 Å². The fourth-order valence-corrected chi connectivity index (χ4v) is 5.19. The number of thioether (sulfide) groups is 2. The van der Waals surface area contributed by atoms with E-state index in [-0.39, 0.29) is 17.4 Å². The number of benzene rings is 2. The molecule has 2 N–H and O–H groups in total. The van der Waals surface area contributed by atoms with Crippen LogP contribution in [0.25, 0.3) is 0 Å². The molecule has 0 saturated carbocycles. The Morgan fingerprint density at radius 2 is 2.04 bits per heavy atom. The molecule has 0 fully saturated rings. The van der Waals surface area contributed by atoms with Gasteiger partial charge in [0.2, 0.25) is 4.34 Å². The third-order valence-corrected chi connectivity index (χ3v) is 7.05. The van der Waals surface area contributed by atoms with Crippen molar-refractivity contribution in [3.05, 3.63) is 64.7 Å². The van der Waals surface area contributed by atoms with Crippen LogP contribution in [0.15, 0.2) is 62.3 Å². The Hall–Kier alpha value is -2.07. The van der Waals surface area contributed by atoms with Crippen molar-refractivity contribution in [2.24, 2.45) is 5.10 Å². The van der Waals surface area contributed by atoms with Crippen LogP contribution in [0.1, 0.15) is 11.1 Å². The maximum absolute atomic E-state index is 11.9. The smallest absolute Gasteiger partial charge is 0.323 e. The molecule has 1 amide bonds. The van der Waals surface area contributed by atoms with E-state index in [1.807, 2.05) is 24.3 Å². The SMILES string of the molecule is O=C(CSc1n[nH+]c(SCc2ccccc2Cl)s1)N/N=C/c1ccccc1[O-]. The standard InChI is InChI=1S/C18H15ClN4O2S3/c19-14-7-3-1-6-13(14)10-26-17-22-23-18(28-17)27-11-16(25)21-20-9-12-5-2-4-8-15(12)24/h1-9,24H,10-11H2,(H,21,25)/b20-9+. The van der Waals surface area contributed by atoms with Crippen LogP contribution >= 0.6 is 46.5 Å². The van der Waals surface area contributed by atoms with Gasteiger partial charge in [-0.05, 0) is 40.3 Å². The van der Waals surface area contributed by atoms with Gasteiger partial charge in [-0.25, -0.2) is 5.43 Å². The number of halogens is 1. The molecule has 0 aliphatic heterocycles. The maximum atomic E-state index is 11.9. The molecule has 0 atom stereocenters. The lowest BCUT2D eigenvalue weighted by atomic mass is 10.2. The summed E-state index contributed by atoms with van der Waals surface area (Å²) >= 11 is 10.6. The summed E-state index contributed by atoms with van der Waals surface area (Å²) in [4.78, 5) is 11.9. The molecular formula is C18H15ClN4O2S3. The first-order valence-corrected chi connectivity index (χ1v) is 11.2. The van der Waals surface area contributed by atoms with Crippen molar-refractivity contribution in [2.75, 3.05) is 5.75 Å². The normalized spacial score (nSPS) is 11.0. The molecule has 0 bridgehead atoms. The Morgan fingerprint density at radius 1 is 1.25 bits per heavy atom. The second-order valence-corrected chi connectivity index (χ2v) is 9.25. The van der Waals surface area contributed by atoms with Gasteiger partial charge >= 0.3 is 4.34 Å². The minimum absolute atomic E-state index is 0.144. The zero-order valence-corrected chi connectivity index (χ0v) is 17.6. The van der Waals surface area contributed by atoms with Crippen molar-refractivity contribution in [1.29, 1.82) is 0 Å². The summed E-state index contributed by atoms with van der Waals surface area (Å²) in [5, 5.41) is 23.3. The number of amides is 1. The van der Waals surface area contributed by atoms with E-state index in [1.165, 1.54) is 35.4 Å². The first-order valence-electron chi connectivity index (χ1n) is 8.07. The molecule has 3 rings (SSSR count). The summed E-state index contributed by atoms with van der Waals surface area (Å²) < 4.78 is 1.69.